The highest BCUT2D eigenvalue weighted by atomic mass is 16.7. The van der Waals surface area contributed by atoms with E-state index in [1.54, 1.807) is 17.2 Å². The fraction of sp³-hybridized carbons (Fsp3) is 0.350. The van der Waals surface area contributed by atoms with Crippen molar-refractivity contribution in [3.8, 4) is 11.5 Å². The molecular weight excluding hydrogens is 332 g/mol. The number of hydrogen-bond donors (Lipinski definition) is 3. The summed E-state index contributed by atoms with van der Waals surface area (Å²) in [5.41, 5.74) is 2.00. The highest BCUT2D eigenvalue weighted by molar-refractivity contribution is 5.66. The van der Waals surface area contributed by atoms with Gasteiger partial charge in [0.05, 0.1) is 0 Å². The summed E-state index contributed by atoms with van der Waals surface area (Å²) >= 11 is 0. The highest BCUT2D eigenvalue weighted by Crippen LogP contribution is 2.35. The summed E-state index contributed by atoms with van der Waals surface area (Å²) in [6.45, 7) is 1.74. The quantitative estimate of drug-likeness (QED) is 0.767. The van der Waals surface area contributed by atoms with Crippen molar-refractivity contribution >= 4 is 6.09 Å². The van der Waals surface area contributed by atoms with E-state index < -0.39 is 6.09 Å². The Balaban J connectivity index is 1.40. The second kappa shape index (κ2) is 8.58. The number of nitrogens with zero attached hydrogens (tertiary/aromatic N) is 1. The van der Waals surface area contributed by atoms with Crippen molar-refractivity contribution < 1.29 is 19.8 Å². The molecule has 0 aliphatic carbocycles. The van der Waals surface area contributed by atoms with Crippen LogP contribution in [0.1, 0.15) is 29.9 Å². The second-order valence-corrected chi connectivity index (χ2v) is 6.49. The average Bonchev–Trinajstić information content (AvgIpc) is 2.63. The van der Waals surface area contributed by atoms with E-state index in [0.717, 1.165) is 24.8 Å². The topological polar surface area (TPSA) is 82.0 Å². The molecule has 0 unspecified atom stereocenters. The number of nitrogens with one attached hydrogen (secondary N) is 1. The molecule has 2 aromatic carbocycles. The molecule has 0 atom stereocenters. The minimum Gasteiger partial charge on any atom is -0.508 e. The van der Waals surface area contributed by atoms with Crippen molar-refractivity contribution in [3.05, 3.63) is 59.7 Å². The molecule has 138 valence electrons. The molecular formula is C20H24N2O4. The summed E-state index contributed by atoms with van der Waals surface area (Å²) in [5.74, 6) is 0.360. The van der Waals surface area contributed by atoms with Gasteiger partial charge in [-0.15, -0.1) is 5.06 Å². The zero-order valence-corrected chi connectivity index (χ0v) is 14.6. The van der Waals surface area contributed by atoms with Crippen LogP contribution in [0, 0.1) is 0 Å². The molecule has 1 saturated heterocycles. The summed E-state index contributed by atoms with van der Waals surface area (Å²) in [6.07, 6.45) is 1.87. The SMILES string of the molecule is O=C(NCCc1ccccc1)ON1CCC(c2ccc(O)cc2O)CC1. The Morgan fingerprint density at radius 1 is 1.12 bits per heavy atom. The summed E-state index contributed by atoms with van der Waals surface area (Å²) in [5, 5.41) is 23.8. The summed E-state index contributed by atoms with van der Waals surface area (Å²) in [4.78, 5) is 17.2. The van der Waals surface area contributed by atoms with Gasteiger partial charge in [-0.3, -0.25) is 0 Å². The molecule has 1 aliphatic rings. The molecule has 0 spiro atoms. The normalized spacial score (nSPS) is 15.5. The summed E-state index contributed by atoms with van der Waals surface area (Å²) < 4.78 is 0. The van der Waals surface area contributed by atoms with Crippen molar-refractivity contribution in [1.82, 2.24) is 10.4 Å². The molecule has 0 bridgehead atoms. The predicted octanol–water partition coefficient (Wildman–Crippen LogP) is 3.16. The van der Waals surface area contributed by atoms with E-state index >= 15 is 0 Å². The molecule has 0 saturated carbocycles. The fourth-order valence-electron chi connectivity index (χ4n) is 3.24. The summed E-state index contributed by atoms with van der Waals surface area (Å²) in [6, 6.07) is 14.7. The third-order valence-corrected chi connectivity index (χ3v) is 4.65. The third-order valence-electron chi connectivity index (χ3n) is 4.65. The maximum atomic E-state index is 11.9. The van der Waals surface area contributed by atoms with Gasteiger partial charge in [0.1, 0.15) is 11.5 Å². The van der Waals surface area contributed by atoms with Gasteiger partial charge in [-0.25, -0.2) is 4.79 Å². The highest BCUT2D eigenvalue weighted by Gasteiger charge is 2.24. The van der Waals surface area contributed by atoms with E-state index in [-0.39, 0.29) is 17.4 Å². The number of piperidine rings is 1. The van der Waals surface area contributed by atoms with Gasteiger partial charge in [0.2, 0.25) is 0 Å². The first-order valence-corrected chi connectivity index (χ1v) is 8.88. The number of aromatic hydroxyl groups is 2. The number of carbonyl (C=O) groups is 1. The Morgan fingerprint density at radius 2 is 1.85 bits per heavy atom. The first kappa shape index (κ1) is 18.1. The molecule has 3 rings (SSSR count). The van der Waals surface area contributed by atoms with Crippen LogP contribution in [0.3, 0.4) is 0 Å². The van der Waals surface area contributed by atoms with Crippen LogP contribution in [0.5, 0.6) is 11.5 Å². The maximum absolute atomic E-state index is 11.9. The minimum absolute atomic E-state index is 0.0548. The van der Waals surface area contributed by atoms with E-state index in [1.807, 2.05) is 30.3 Å². The number of phenolic OH excluding ortho intramolecular Hbond substituents is 2. The lowest BCUT2D eigenvalue weighted by atomic mass is 9.89. The molecule has 1 heterocycles. The number of benzene rings is 2. The van der Waals surface area contributed by atoms with Crippen LogP contribution in [0.25, 0.3) is 0 Å². The fourth-order valence-corrected chi connectivity index (χ4v) is 3.24. The van der Waals surface area contributed by atoms with Gasteiger partial charge in [0.25, 0.3) is 0 Å². The van der Waals surface area contributed by atoms with E-state index in [4.69, 9.17) is 4.84 Å². The smallest absolute Gasteiger partial charge is 0.426 e. The molecule has 26 heavy (non-hydrogen) atoms. The Bertz CT molecular complexity index is 728. The zero-order chi connectivity index (χ0) is 18.4. The minimum atomic E-state index is -0.438. The standard InChI is InChI=1S/C20H24N2O4/c23-17-6-7-18(19(24)14-17)16-9-12-22(13-10-16)26-20(25)21-11-8-15-4-2-1-3-5-15/h1-7,14,16,23-24H,8-13H2,(H,21,25). The lowest BCUT2D eigenvalue weighted by molar-refractivity contribution is -0.113. The Kier molecular flexibility index (Phi) is 5.96. The summed E-state index contributed by atoms with van der Waals surface area (Å²) in [7, 11) is 0. The molecule has 6 heteroatoms. The van der Waals surface area contributed by atoms with E-state index in [9.17, 15) is 15.0 Å². The van der Waals surface area contributed by atoms with Crippen molar-refractivity contribution in [2.45, 2.75) is 25.2 Å². The Hall–Kier alpha value is -2.73. The number of amides is 1. The lowest BCUT2D eigenvalue weighted by Crippen LogP contribution is -2.39. The van der Waals surface area contributed by atoms with E-state index in [0.29, 0.717) is 19.6 Å². The van der Waals surface area contributed by atoms with Crippen LogP contribution in [-0.2, 0) is 11.3 Å². The van der Waals surface area contributed by atoms with Crippen LogP contribution in [-0.4, -0.2) is 41.0 Å². The van der Waals surface area contributed by atoms with E-state index in [1.165, 1.54) is 11.6 Å². The first-order valence-electron chi connectivity index (χ1n) is 8.88. The molecule has 2 aromatic rings. The number of phenols is 2. The monoisotopic (exact) mass is 356 g/mol. The largest absolute Gasteiger partial charge is 0.508 e. The van der Waals surface area contributed by atoms with Crippen LogP contribution in [0.2, 0.25) is 0 Å². The molecule has 3 N–H and O–H groups in total. The maximum Gasteiger partial charge on any atom is 0.426 e. The first-order chi connectivity index (χ1) is 12.6. The Morgan fingerprint density at radius 3 is 2.54 bits per heavy atom. The van der Waals surface area contributed by atoms with Crippen LogP contribution < -0.4 is 5.32 Å². The number of hydrogen-bond acceptors (Lipinski definition) is 5. The lowest BCUT2D eigenvalue weighted by Gasteiger charge is -2.30. The van der Waals surface area contributed by atoms with Gasteiger partial charge in [0, 0.05) is 25.7 Å². The zero-order valence-electron chi connectivity index (χ0n) is 14.6. The van der Waals surface area contributed by atoms with Gasteiger partial charge < -0.3 is 20.4 Å². The van der Waals surface area contributed by atoms with Gasteiger partial charge >= 0.3 is 6.09 Å². The van der Waals surface area contributed by atoms with Crippen LogP contribution in [0.15, 0.2) is 48.5 Å². The van der Waals surface area contributed by atoms with Gasteiger partial charge in [-0.2, -0.15) is 0 Å². The average molecular weight is 356 g/mol. The van der Waals surface area contributed by atoms with Crippen LogP contribution >= 0.6 is 0 Å². The molecule has 0 radical (unpaired) electrons. The van der Waals surface area contributed by atoms with Crippen molar-refractivity contribution in [2.24, 2.45) is 0 Å². The second-order valence-electron chi connectivity index (χ2n) is 6.49. The van der Waals surface area contributed by atoms with Gasteiger partial charge in [0.15, 0.2) is 0 Å². The number of carbonyl (C=O) groups excluding carboxylic acids is 1. The van der Waals surface area contributed by atoms with Crippen molar-refractivity contribution in [2.75, 3.05) is 19.6 Å². The van der Waals surface area contributed by atoms with Crippen LogP contribution in [0.4, 0.5) is 4.79 Å². The Labute approximate surface area is 153 Å². The van der Waals surface area contributed by atoms with E-state index in [2.05, 4.69) is 5.32 Å². The molecule has 6 nitrogen and oxygen atoms in total. The van der Waals surface area contributed by atoms with Gasteiger partial charge in [-0.1, -0.05) is 36.4 Å². The molecule has 1 amide bonds. The molecule has 1 aliphatic heterocycles. The van der Waals surface area contributed by atoms with Crippen molar-refractivity contribution in [1.29, 1.82) is 0 Å². The van der Waals surface area contributed by atoms with Gasteiger partial charge in [-0.05, 0) is 42.4 Å². The third kappa shape index (κ3) is 4.89. The molecule has 1 fully saturated rings. The molecule has 0 aromatic heterocycles. The number of rotatable bonds is 5. The predicted molar refractivity (Wildman–Crippen MR) is 97.9 cm³/mol. The van der Waals surface area contributed by atoms with Crippen molar-refractivity contribution in [3.63, 3.8) is 0 Å². The number of hydroxylamine groups is 2.